The zero-order valence-electron chi connectivity index (χ0n) is 9.80. The molecule has 0 amide bonds. The van der Waals surface area contributed by atoms with Crippen LogP contribution in [0, 0.1) is 6.92 Å². The highest BCUT2D eigenvalue weighted by Gasteiger charge is 1.99. The normalized spacial score (nSPS) is 11.0. The minimum absolute atomic E-state index is 0.235. The predicted molar refractivity (Wildman–Crippen MR) is 77.0 cm³/mol. The van der Waals surface area contributed by atoms with Gasteiger partial charge >= 0.3 is 0 Å². The van der Waals surface area contributed by atoms with Gasteiger partial charge in [-0.3, -0.25) is 4.79 Å². The van der Waals surface area contributed by atoms with E-state index in [0.717, 1.165) is 15.6 Å². The Morgan fingerprint density at radius 3 is 2.56 bits per heavy atom. The molecule has 5 heteroatoms. The maximum Gasteiger partial charge on any atom is 0.273 e. The lowest BCUT2D eigenvalue weighted by molar-refractivity contribution is 0.843. The van der Waals surface area contributed by atoms with Gasteiger partial charge in [0.2, 0.25) is 0 Å². The molecule has 1 aromatic carbocycles. The second-order valence-electron chi connectivity index (χ2n) is 3.90. The van der Waals surface area contributed by atoms with E-state index in [0.29, 0.717) is 5.82 Å². The van der Waals surface area contributed by atoms with Gasteiger partial charge in [0.05, 0.1) is 6.21 Å². The van der Waals surface area contributed by atoms with Crippen molar-refractivity contribution >= 4 is 28.0 Å². The first kappa shape index (κ1) is 12.6. The number of nitrogen functional groups attached to an aromatic ring is 1. The van der Waals surface area contributed by atoms with Crippen molar-refractivity contribution in [3.05, 3.63) is 62.4 Å². The molecule has 0 saturated carbocycles. The Hall–Kier alpha value is -1.88. The fourth-order valence-corrected chi connectivity index (χ4v) is 1.78. The van der Waals surface area contributed by atoms with Gasteiger partial charge in [-0.05, 0) is 36.2 Å². The van der Waals surface area contributed by atoms with Crippen LogP contribution in [0.2, 0.25) is 0 Å². The average molecular weight is 306 g/mol. The zero-order chi connectivity index (χ0) is 13.1. The Balaban J connectivity index is 2.35. The van der Waals surface area contributed by atoms with E-state index in [4.69, 9.17) is 5.73 Å². The van der Waals surface area contributed by atoms with Gasteiger partial charge < -0.3 is 5.73 Å². The highest BCUT2D eigenvalue weighted by Crippen LogP contribution is 2.09. The second-order valence-corrected chi connectivity index (χ2v) is 4.82. The molecule has 0 aliphatic rings. The Morgan fingerprint density at radius 2 is 1.94 bits per heavy atom. The van der Waals surface area contributed by atoms with Gasteiger partial charge in [0.1, 0.15) is 5.82 Å². The number of aromatic nitrogens is 1. The van der Waals surface area contributed by atoms with Gasteiger partial charge in [-0.1, -0.05) is 28.1 Å². The molecule has 0 spiro atoms. The van der Waals surface area contributed by atoms with Crippen molar-refractivity contribution in [3.63, 3.8) is 0 Å². The van der Waals surface area contributed by atoms with Crippen molar-refractivity contribution in [1.29, 1.82) is 0 Å². The molecule has 4 nitrogen and oxygen atoms in total. The summed E-state index contributed by atoms with van der Waals surface area (Å²) in [6, 6.07) is 10.8. The van der Waals surface area contributed by atoms with Gasteiger partial charge in [0.15, 0.2) is 0 Å². The smallest absolute Gasteiger partial charge is 0.273 e. The second kappa shape index (κ2) is 5.18. The highest BCUT2D eigenvalue weighted by molar-refractivity contribution is 9.10. The van der Waals surface area contributed by atoms with Crippen molar-refractivity contribution in [1.82, 2.24) is 4.68 Å². The van der Waals surface area contributed by atoms with Crippen LogP contribution in [0.1, 0.15) is 11.1 Å². The third kappa shape index (κ3) is 2.87. The van der Waals surface area contributed by atoms with Crippen molar-refractivity contribution in [3.8, 4) is 0 Å². The Labute approximate surface area is 113 Å². The van der Waals surface area contributed by atoms with E-state index in [9.17, 15) is 4.79 Å². The number of aryl methyl sites for hydroxylation is 1. The maximum atomic E-state index is 11.7. The lowest BCUT2D eigenvalue weighted by Crippen LogP contribution is -2.19. The average Bonchev–Trinajstić information content (AvgIpc) is 2.30. The van der Waals surface area contributed by atoms with Crippen molar-refractivity contribution in [2.24, 2.45) is 5.10 Å². The fourth-order valence-electron chi connectivity index (χ4n) is 1.52. The van der Waals surface area contributed by atoms with E-state index in [-0.39, 0.29) is 5.56 Å². The highest BCUT2D eigenvalue weighted by atomic mass is 79.9. The molecule has 0 saturated heterocycles. The van der Waals surface area contributed by atoms with Crippen LogP contribution in [-0.4, -0.2) is 10.9 Å². The molecule has 1 aromatic heterocycles. The minimum Gasteiger partial charge on any atom is -0.384 e. The van der Waals surface area contributed by atoms with Gasteiger partial charge in [0.25, 0.3) is 5.56 Å². The van der Waals surface area contributed by atoms with Crippen LogP contribution in [0.5, 0.6) is 0 Å². The summed E-state index contributed by atoms with van der Waals surface area (Å²) in [5.41, 5.74) is 7.24. The summed E-state index contributed by atoms with van der Waals surface area (Å²) in [5.74, 6) is 0.327. The predicted octanol–water partition coefficient (Wildman–Crippen LogP) is 2.38. The summed E-state index contributed by atoms with van der Waals surface area (Å²) in [4.78, 5) is 11.7. The minimum atomic E-state index is -0.235. The molecule has 92 valence electrons. The van der Waals surface area contributed by atoms with Crippen molar-refractivity contribution in [2.45, 2.75) is 6.92 Å². The molecule has 0 fully saturated rings. The first-order valence-corrected chi connectivity index (χ1v) is 6.14. The summed E-state index contributed by atoms with van der Waals surface area (Å²) >= 11 is 3.35. The molecule has 0 bridgehead atoms. The Morgan fingerprint density at radius 1 is 1.28 bits per heavy atom. The van der Waals surface area contributed by atoms with E-state index >= 15 is 0 Å². The number of halogens is 1. The van der Waals surface area contributed by atoms with Crippen LogP contribution in [-0.2, 0) is 0 Å². The van der Waals surface area contributed by atoms with Gasteiger partial charge in [-0.2, -0.15) is 9.78 Å². The van der Waals surface area contributed by atoms with E-state index in [1.54, 1.807) is 12.3 Å². The van der Waals surface area contributed by atoms with E-state index < -0.39 is 0 Å². The maximum absolute atomic E-state index is 11.7. The number of hydrogen-bond donors (Lipinski definition) is 1. The number of hydrogen-bond acceptors (Lipinski definition) is 3. The molecule has 0 aliphatic carbocycles. The molecule has 0 atom stereocenters. The molecule has 1 heterocycles. The van der Waals surface area contributed by atoms with E-state index in [1.807, 2.05) is 31.2 Å². The van der Waals surface area contributed by atoms with Crippen molar-refractivity contribution in [2.75, 3.05) is 5.73 Å². The first-order valence-electron chi connectivity index (χ1n) is 5.35. The fraction of sp³-hybridized carbons (Fsp3) is 0.0769. The largest absolute Gasteiger partial charge is 0.384 e. The van der Waals surface area contributed by atoms with E-state index in [1.165, 1.54) is 10.7 Å². The lowest BCUT2D eigenvalue weighted by Gasteiger charge is -2.03. The van der Waals surface area contributed by atoms with Crippen molar-refractivity contribution < 1.29 is 0 Å². The molecular weight excluding hydrogens is 294 g/mol. The summed E-state index contributed by atoms with van der Waals surface area (Å²) in [6.45, 7) is 1.82. The molecule has 0 aliphatic heterocycles. The summed E-state index contributed by atoms with van der Waals surface area (Å²) in [7, 11) is 0. The van der Waals surface area contributed by atoms with Gasteiger partial charge in [0, 0.05) is 10.5 Å². The van der Waals surface area contributed by atoms with Crippen LogP contribution in [0.15, 0.2) is 50.8 Å². The number of benzene rings is 1. The molecule has 2 aromatic rings. The molecule has 2 rings (SSSR count). The molecule has 2 N–H and O–H groups in total. The first-order chi connectivity index (χ1) is 8.56. The molecule has 18 heavy (non-hydrogen) atoms. The number of nitrogens with zero attached hydrogens (tertiary/aromatic N) is 2. The number of rotatable bonds is 2. The quantitative estimate of drug-likeness (QED) is 0.866. The Bertz CT molecular complexity index is 644. The van der Waals surface area contributed by atoms with Crippen LogP contribution in [0.3, 0.4) is 0 Å². The van der Waals surface area contributed by atoms with Crippen LogP contribution in [0.4, 0.5) is 5.82 Å². The third-order valence-corrected chi connectivity index (χ3v) is 2.90. The van der Waals surface area contributed by atoms with Gasteiger partial charge in [-0.15, -0.1) is 0 Å². The number of nitrogens with two attached hydrogens (primary N) is 1. The van der Waals surface area contributed by atoms with Gasteiger partial charge in [-0.25, -0.2) is 0 Å². The molecule has 0 unspecified atom stereocenters. The SMILES string of the molecule is Cc1cc(N)n(/N=C\c2ccc(Br)cc2)c(=O)c1. The van der Waals surface area contributed by atoms with Crippen LogP contribution >= 0.6 is 15.9 Å². The monoisotopic (exact) mass is 305 g/mol. The topological polar surface area (TPSA) is 60.4 Å². The summed E-state index contributed by atoms with van der Waals surface area (Å²) in [5, 5.41) is 4.09. The summed E-state index contributed by atoms with van der Waals surface area (Å²) in [6.07, 6.45) is 1.60. The third-order valence-electron chi connectivity index (χ3n) is 2.37. The van der Waals surface area contributed by atoms with Crippen LogP contribution in [0.25, 0.3) is 0 Å². The standard InChI is InChI=1S/C13H12BrN3O/c1-9-6-12(15)17(13(18)7-9)16-8-10-2-4-11(14)5-3-10/h2-8H,15H2,1H3/b16-8-. The zero-order valence-corrected chi connectivity index (χ0v) is 11.4. The summed E-state index contributed by atoms with van der Waals surface area (Å²) < 4.78 is 2.17. The number of anilines is 1. The Kier molecular flexibility index (Phi) is 3.62. The van der Waals surface area contributed by atoms with Crippen LogP contribution < -0.4 is 11.3 Å². The number of pyridine rings is 1. The molecular formula is C13H12BrN3O. The lowest BCUT2D eigenvalue weighted by atomic mass is 10.2. The van der Waals surface area contributed by atoms with E-state index in [2.05, 4.69) is 21.0 Å². The molecule has 0 radical (unpaired) electrons.